The summed E-state index contributed by atoms with van der Waals surface area (Å²) in [4.78, 5) is 41.6. The Morgan fingerprint density at radius 3 is 2.42 bits per heavy atom. The van der Waals surface area contributed by atoms with Gasteiger partial charge in [0.1, 0.15) is 11.9 Å². The minimum atomic E-state index is -1.28. The molecular weight excluding hydrogens is 576 g/mol. The Morgan fingerprint density at radius 1 is 1.09 bits per heavy atom. The van der Waals surface area contributed by atoms with Crippen LogP contribution in [0.2, 0.25) is 5.02 Å². The van der Waals surface area contributed by atoms with Crippen LogP contribution in [0.4, 0.5) is 5.69 Å². The fourth-order valence-corrected chi connectivity index (χ4v) is 5.55. The van der Waals surface area contributed by atoms with Crippen molar-refractivity contribution in [1.29, 1.82) is 0 Å². The molecule has 1 saturated heterocycles. The molecule has 0 aromatic heterocycles. The van der Waals surface area contributed by atoms with Crippen LogP contribution >= 0.6 is 11.6 Å². The Labute approximate surface area is 258 Å². The number of hydrogen-bond donors (Lipinski definition) is 2. The average Bonchev–Trinajstić information content (AvgIpc) is 2.97. The number of carboxylic acids is 1. The number of aliphatic hydroxyl groups excluding tert-OH is 1. The fourth-order valence-electron chi connectivity index (χ4n) is 5.33. The highest BCUT2D eigenvalue weighted by Gasteiger charge is 2.33. The summed E-state index contributed by atoms with van der Waals surface area (Å²) in [6.07, 6.45) is -0.349. The number of aliphatic hydroxyl groups is 1. The molecule has 2 N–H and O–H groups in total. The lowest BCUT2D eigenvalue weighted by Crippen LogP contribution is -2.43. The van der Waals surface area contributed by atoms with Gasteiger partial charge in [0.05, 0.1) is 32.4 Å². The van der Waals surface area contributed by atoms with E-state index in [1.807, 2.05) is 27.7 Å². The van der Waals surface area contributed by atoms with Gasteiger partial charge >= 0.3 is 5.97 Å². The monoisotopic (exact) mass is 618 g/mol. The van der Waals surface area contributed by atoms with Crippen LogP contribution in [0.15, 0.2) is 30.3 Å². The molecule has 43 heavy (non-hydrogen) atoms. The number of amides is 2. The highest BCUT2D eigenvalue weighted by atomic mass is 35.5. The highest BCUT2D eigenvalue weighted by Crippen LogP contribution is 2.45. The Balaban J connectivity index is 2.05. The summed E-state index contributed by atoms with van der Waals surface area (Å²) in [6, 6.07) is 8.35. The molecule has 2 atom stereocenters. The van der Waals surface area contributed by atoms with Crippen molar-refractivity contribution in [3.63, 3.8) is 0 Å². The van der Waals surface area contributed by atoms with Crippen LogP contribution in [0.3, 0.4) is 0 Å². The first-order valence-corrected chi connectivity index (χ1v) is 14.8. The number of ether oxygens (including phenoxy) is 3. The summed E-state index contributed by atoms with van der Waals surface area (Å²) in [5, 5.41) is 21.5. The van der Waals surface area contributed by atoms with E-state index in [4.69, 9.17) is 25.8 Å². The molecule has 1 aliphatic heterocycles. The van der Waals surface area contributed by atoms with Crippen molar-refractivity contribution in [3.05, 3.63) is 46.5 Å². The maximum absolute atomic E-state index is 14.0. The number of methoxy groups -OCH3 is 2. The third kappa shape index (κ3) is 8.54. The number of hydrogen-bond acceptors (Lipinski definition) is 7. The normalized spacial score (nSPS) is 15.9. The molecule has 1 fully saturated rings. The molecule has 0 aliphatic carbocycles. The summed E-state index contributed by atoms with van der Waals surface area (Å²) >= 11 is 6.52. The molecule has 2 aromatic rings. The summed E-state index contributed by atoms with van der Waals surface area (Å²) in [5.74, 6) is -1.06. The molecule has 0 bridgehead atoms. The molecule has 0 saturated carbocycles. The van der Waals surface area contributed by atoms with E-state index in [1.54, 1.807) is 35.2 Å². The van der Waals surface area contributed by atoms with Gasteiger partial charge in [-0.3, -0.25) is 14.4 Å². The molecule has 0 spiro atoms. The van der Waals surface area contributed by atoms with Crippen LogP contribution in [0, 0.1) is 11.3 Å². The predicted molar refractivity (Wildman–Crippen MR) is 164 cm³/mol. The molecule has 0 unspecified atom stereocenters. The molecule has 11 heteroatoms. The largest absolute Gasteiger partial charge is 0.493 e. The van der Waals surface area contributed by atoms with E-state index in [0.29, 0.717) is 58.5 Å². The van der Waals surface area contributed by atoms with Crippen molar-refractivity contribution in [2.24, 2.45) is 11.3 Å². The number of carbonyl (C=O) groups is 3. The second kappa shape index (κ2) is 14.8. The number of halogens is 1. The minimum absolute atomic E-state index is 0.0784. The molecule has 1 heterocycles. The van der Waals surface area contributed by atoms with Crippen LogP contribution in [-0.4, -0.2) is 73.4 Å². The molecule has 10 nitrogen and oxygen atoms in total. The summed E-state index contributed by atoms with van der Waals surface area (Å²) in [7, 11) is 2.98. The zero-order valence-corrected chi connectivity index (χ0v) is 26.6. The van der Waals surface area contributed by atoms with Crippen LogP contribution in [0.5, 0.6) is 17.2 Å². The van der Waals surface area contributed by atoms with Crippen LogP contribution < -0.4 is 19.1 Å². The third-order valence-electron chi connectivity index (χ3n) is 7.27. The number of anilines is 1. The van der Waals surface area contributed by atoms with Crippen molar-refractivity contribution >= 4 is 35.1 Å². The van der Waals surface area contributed by atoms with E-state index in [0.717, 1.165) is 0 Å². The van der Waals surface area contributed by atoms with Crippen molar-refractivity contribution in [1.82, 2.24) is 4.90 Å². The number of carboxylic acid groups (broad SMARTS) is 1. The molecule has 1 aliphatic rings. The first-order valence-electron chi connectivity index (χ1n) is 14.5. The molecule has 2 aromatic carbocycles. The lowest BCUT2D eigenvalue weighted by atomic mass is 9.93. The zero-order valence-electron chi connectivity index (χ0n) is 25.8. The van der Waals surface area contributed by atoms with Crippen LogP contribution in [-0.2, 0) is 14.4 Å². The number of carbonyl (C=O) groups excluding carboxylic acids is 2. The Morgan fingerprint density at radius 2 is 1.81 bits per heavy atom. The van der Waals surface area contributed by atoms with Gasteiger partial charge in [-0.15, -0.1) is 0 Å². The third-order valence-corrected chi connectivity index (χ3v) is 7.49. The van der Waals surface area contributed by atoms with Gasteiger partial charge in [0.15, 0.2) is 11.5 Å². The van der Waals surface area contributed by atoms with E-state index >= 15 is 0 Å². The number of rotatable bonds is 12. The quantitative estimate of drug-likeness (QED) is 0.327. The number of benzene rings is 2. The lowest BCUT2D eigenvalue weighted by molar-refractivity contribution is -0.146. The second-order valence-electron chi connectivity index (χ2n) is 11.8. The maximum Gasteiger partial charge on any atom is 0.308 e. The zero-order chi connectivity index (χ0) is 31.9. The smallest absolute Gasteiger partial charge is 0.308 e. The van der Waals surface area contributed by atoms with Gasteiger partial charge in [-0.25, -0.2) is 0 Å². The Bertz CT molecular complexity index is 1310. The molecule has 3 rings (SSSR count). The predicted octanol–water partition coefficient (Wildman–Crippen LogP) is 5.32. The van der Waals surface area contributed by atoms with Gasteiger partial charge in [0.25, 0.3) is 0 Å². The average molecular weight is 619 g/mol. The number of likely N-dealkylation sites (tertiary alicyclic amines) is 1. The maximum atomic E-state index is 14.0. The standard InChI is InChI=1S/C32H43ClN2O8/c1-7-43-25-17-21(33)16-23(29(38)22-11-8-12-24(41-5)30(22)42-6)28(25)35(19-32(2,3)4)27(37)14-13-26(36)34-15-9-10-20(18-34)31(39)40/h8,11-12,16-17,20,29,38H,7,9-10,13-15,18-19H2,1-6H3,(H,39,40)/t20-,29+/m0/s1. The van der Waals surface area contributed by atoms with Crippen LogP contribution in [0.1, 0.15) is 70.6 Å². The van der Waals surface area contributed by atoms with Crippen molar-refractivity contribution < 1.29 is 38.8 Å². The Kier molecular flexibility index (Phi) is 11.7. The van der Waals surface area contributed by atoms with Gasteiger partial charge < -0.3 is 34.2 Å². The highest BCUT2D eigenvalue weighted by molar-refractivity contribution is 6.31. The van der Waals surface area contributed by atoms with Gasteiger partial charge in [-0.1, -0.05) is 44.5 Å². The van der Waals surface area contributed by atoms with E-state index in [1.165, 1.54) is 19.1 Å². The van der Waals surface area contributed by atoms with Crippen molar-refractivity contribution in [2.75, 3.05) is 45.4 Å². The van der Waals surface area contributed by atoms with Gasteiger partial charge in [-0.2, -0.15) is 0 Å². The number of para-hydroxylation sites is 1. The molecular formula is C32H43ClN2O8. The number of nitrogens with zero attached hydrogens (tertiary/aromatic N) is 2. The first-order chi connectivity index (χ1) is 20.3. The SMILES string of the molecule is CCOc1cc(Cl)cc([C@H](O)c2cccc(OC)c2OC)c1N(CC(C)(C)C)C(=O)CCC(=O)N1CCC[C@H](C(=O)O)C1. The van der Waals surface area contributed by atoms with Crippen molar-refractivity contribution in [3.8, 4) is 17.2 Å². The summed E-state index contributed by atoms with van der Waals surface area (Å²) in [6.45, 7) is 8.89. The topological polar surface area (TPSA) is 126 Å². The lowest BCUT2D eigenvalue weighted by Gasteiger charge is -2.34. The molecule has 2 amide bonds. The molecule has 0 radical (unpaired) electrons. The van der Waals surface area contributed by atoms with E-state index in [-0.39, 0.29) is 49.8 Å². The van der Waals surface area contributed by atoms with Crippen LogP contribution in [0.25, 0.3) is 0 Å². The summed E-state index contributed by atoms with van der Waals surface area (Å²) < 4.78 is 17.0. The van der Waals surface area contributed by atoms with Gasteiger partial charge in [0, 0.05) is 54.7 Å². The minimum Gasteiger partial charge on any atom is -0.493 e. The van der Waals surface area contributed by atoms with Gasteiger partial charge in [0.2, 0.25) is 11.8 Å². The van der Waals surface area contributed by atoms with Crippen molar-refractivity contribution in [2.45, 2.75) is 59.5 Å². The van der Waals surface area contributed by atoms with Gasteiger partial charge in [-0.05, 0) is 37.3 Å². The summed E-state index contributed by atoms with van der Waals surface area (Å²) in [5.41, 5.74) is 0.705. The van der Waals surface area contributed by atoms with E-state index in [9.17, 15) is 24.6 Å². The van der Waals surface area contributed by atoms with E-state index in [2.05, 4.69) is 0 Å². The van der Waals surface area contributed by atoms with E-state index < -0.39 is 18.0 Å². The fraction of sp³-hybridized carbons (Fsp3) is 0.531. The number of piperidine rings is 1. The first kappa shape index (κ1) is 34.0. The second-order valence-corrected chi connectivity index (χ2v) is 12.3. The Hall–Kier alpha value is -3.50. The number of aliphatic carboxylic acids is 1. The molecule has 236 valence electrons.